The molecule has 0 unspecified atom stereocenters. The summed E-state index contributed by atoms with van der Waals surface area (Å²) in [5.74, 6) is -2.63. The number of hydrogen-bond donors (Lipinski definition) is 4. The van der Waals surface area contributed by atoms with Gasteiger partial charge in [0.05, 0.1) is 0 Å². The molecule has 0 heterocycles. The van der Waals surface area contributed by atoms with Crippen molar-refractivity contribution < 1.29 is 43.3 Å². The van der Waals surface area contributed by atoms with Gasteiger partial charge < -0.3 is 35.3 Å². The van der Waals surface area contributed by atoms with Crippen LogP contribution in [0.2, 0.25) is 0 Å². The van der Waals surface area contributed by atoms with Crippen LogP contribution in [0.5, 0.6) is 0 Å². The predicted octanol–water partition coefficient (Wildman–Crippen LogP) is 5.28. The maximum absolute atomic E-state index is 12.8. The largest absolute Gasteiger partial charge is 0.480 e. The van der Waals surface area contributed by atoms with Crippen LogP contribution >= 0.6 is 0 Å². The van der Waals surface area contributed by atoms with Gasteiger partial charge in [-0.05, 0) is 89.5 Å². The van der Waals surface area contributed by atoms with Crippen molar-refractivity contribution in [1.82, 2.24) is 16.0 Å². The summed E-state index contributed by atoms with van der Waals surface area (Å²) in [6, 6.07) is 12.7. The van der Waals surface area contributed by atoms with Crippen molar-refractivity contribution in [2.75, 3.05) is 13.2 Å². The predicted molar refractivity (Wildman–Crippen MR) is 175 cm³/mol. The molecule has 3 rings (SSSR count). The van der Waals surface area contributed by atoms with E-state index >= 15 is 0 Å². The highest BCUT2D eigenvalue weighted by molar-refractivity contribution is 5.87. The molecule has 2 aromatic rings. The number of ether oxygens (including phenoxy) is 3. The third kappa shape index (κ3) is 11.9. The third-order valence-corrected chi connectivity index (χ3v) is 7.19. The first-order valence-electron chi connectivity index (χ1n) is 15.9. The van der Waals surface area contributed by atoms with Gasteiger partial charge in [0.1, 0.15) is 29.9 Å². The Morgan fingerprint density at radius 3 is 1.87 bits per heavy atom. The molecule has 0 saturated heterocycles. The minimum atomic E-state index is -1.26. The molecule has 2 atom stereocenters. The second-order valence-electron chi connectivity index (χ2n) is 13.5. The Hall–Kier alpha value is -4.61. The van der Waals surface area contributed by atoms with Crippen molar-refractivity contribution in [3.05, 3.63) is 59.7 Å². The van der Waals surface area contributed by atoms with Crippen LogP contribution in [0, 0.1) is 0 Å². The lowest BCUT2D eigenvalue weighted by molar-refractivity contribution is -0.158. The number of hydrogen-bond acceptors (Lipinski definition) is 8. The molecule has 0 aromatic heterocycles. The summed E-state index contributed by atoms with van der Waals surface area (Å²) in [6.07, 6.45) is 0.0443. The lowest BCUT2D eigenvalue weighted by Gasteiger charge is -2.25. The van der Waals surface area contributed by atoms with Crippen molar-refractivity contribution in [2.24, 2.45) is 0 Å². The van der Waals surface area contributed by atoms with Crippen molar-refractivity contribution >= 4 is 30.0 Å². The number of unbranched alkanes of at least 4 members (excludes halogenated alkanes) is 1. The van der Waals surface area contributed by atoms with Gasteiger partial charge in [0.15, 0.2) is 0 Å². The van der Waals surface area contributed by atoms with Crippen LogP contribution in [0.4, 0.5) is 9.59 Å². The Labute approximate surface area is 275 Å². The van der Waals surface area contributed by atoms with Gasteiger partial charge in [-0.25, -0.2) is 19.2 Å². The third-order valence-electron chi connectivity index (χ3n) is 7.19. The van der Waals surface area contributed by atoms with Gasteiger partial charge in [-0.3, -0.25) is 4.79 Å². The molecule has 12 nitrogen and oxygen atoms in total. The SMILES string of the molecule is CC(C)(C)OC(=O)CC[C@H](NC(=O)N[C@@H](CCCCNC(=O)OCC1c2ccccc2-c2ccccc21)C(=O)O)C(=O)OC(C)(C)C. The number of carbonyl (C=O) groups is 5. The molecule has 2 aromatic carbocycles. The zero-order valence-corrected chi connectivity index (χ0v) is 28.0. The van der Waals surface area contributed by atoms with Crippen LogP contribution in [0.1, 0.15) is 90.7 Å². The highest BCUT2D eigenvalue weighted by Crippen LogP contribution is 2.44. The molecular formula is C35H47N3O9. The zero-order valence-electron chi connectivity index (χ0n) is 28.0. The minimum absolute atomic E-state index is 0.0612. The van der Waals surface area contributed by atoms with Gasteiger partial charge in [0.25, 0.3) is 0 Å². The molecule has 3 amide bonds. The van der Waals surface area contributed by atoms with E-state index in [9.17, 15) is 29.1 Å². The molecule has 0 spiro atoms. The van der Waals surface area contributed by atoms with E-state index < -0.39 is 53.3 Å². The summed E-state index contributed by atoms with van der Waals surface area (Å²) in [6.45, 7) is 10.6. The molecule has 1 aliphatic carbocycles. The van der Waals surface area contributed by atoms with Crippen molar-refractivity contribution in [3.8, 4) is 11.1 Å². The molecule has 12 heteroatoms. The molecule has 256 valence electrons. The van der Waals surface area contributed by atoms with Gasteiger partial charge in [0, 0.05) is 18.9 Å². The highest BCUT2D eigenvalue weighted by Gasteiger charge is 2.31. The highest BCUT2D eigenvalue weighted by atomic mass is 16.6. The number of nitrogens with one attached hydrogen (secondary N) is 3. The van der Waals surface area contributed by atoms with Gasteiger partial charge >= 0.3 is 30.0 Å². The van der Waals surface area contributed by atoms with Crippen molar-refractivity contribution in [1.29, 1.82) is 0 Å². The summed E-state index contributed by atoms with van der Waals surface area (Å²) in [5.41, 5.74) is 2.92. The molecule has 0 aliphatic heterocycles. The van der Waals surface area contributed by atoms with E-state index in [1.807, 2.05) is 36.4 Å². The first-order chi connectivity index (χ1) is 22.0. The summed E-state index contributed by atoms with van der Waals surface area (Å²) in [5, 5.41) is 17.2. The van der Waals surface area contributed by atoms with E-state index in [0.29, 0.717) is 12.8 Å². The summed E-state index contributed by atoms with van der Waals surface area (Å²) in [7, 11) is 0. The van der Waals surface area contributed by atoms with Crippen molar-refractivity contribution in [2.45, 2.75) is 103 Å². The van der Waals surface area contributed by atoms with Crippen LogP contribution < -0.4 is 16.0 Å². The maximum Gasteiger partial charge on any atom is 0.407 e. The number of esters is 2. The average Bonchev–Trinajstić information content (AvgIpc) is 3.29. The molecule has 0 saturated carbocycles. The molecule has 0 fully saturated rings. The first kappa shape index (κ1) is 36.9. The van der Waals surface area contributed by atoms with E-state index in [1.54, 1.807) is 41.5 Å². The molecule has 0 radical (unpaired) electrons. The number of urea groups is 1. The fraction of sp³-hybridized carbons (Fsp3) is 0.514. The van der Waals surface area contributed by atoms with E-state index in [2.05, 4.69) is 28.1 Å². The number of fused-ring (bicyclic) bond motifs is 3. The lowest BCUT2D eigenvalue weighted by atomic mass is 9.98. The monoisotopic (exact) mass is 653 g/mol. The van der Waals surface area contributed by atoms with Crippen LogP contribution in [0.15, 0.2) is 48.5 Å². The quantitative estimate of drug-likeness (QED) is 0.120. The molecule has 47 heavy (non-hydrogen) atoms. The van der Waals surface area contributed by atoms with E-state index in [0.717, 1.165) is 22.3 Å². The summed E-state index contributed by atoms with van der Waals surface area (Å²) >= 11 is 0. The van der Waals surface area contributed by atoms with Crippen LogP contribution in [-0.4, -0.2) is 71.6 Å². The first-order valence-corrected chi connectivity index (χ1v) is 15.9. The van der Waals surface area contributed by atoms with E-state index in [4.69, 9.17) is 14.2 Å². The van der Waals surface area contributed by atoms with E-state index in [1.165, 1.54) is 0 Å². The second-order valence-corrected chi connectivity index (χ2v) is 13.5. The Bertz CT molecular complexity index is 1380. The fourth-order valence-electron chi connectivity index (χ4n) is 5.21. The number of carbonyl (C=O) groups excluding carboxylic acids is 4. The topological polar surface area (TPSA) is 169 Å². The number of carboxylic acid groups (broad SMARTS) is 1. The zero-order chi connectivity index (χ0) is 34.8. The Morgan fingerprint density at radius 1 is 0.766 bits per heavy atom. The Balaban J connectivity index is 1.44. The Kier molecular flexibility index (Phi) is 12.8. The van der Waals surface area contributed by atoms with Crippen molar-refractivity contribution in [3.63, 3.8) is 0 Å². The molecule has 4 N–H and O–H groups in total. The summed E-state index contributed by atoms with van der Waals surface area (Å²) < 4.78 is 16.2. The fourth-order valence-corrected chi connectivity index (χ4v) is 5.21. The lowest BCUT2D eigenvalue weighted by Crippen LogP contribution is -2.52. The smallest absolute Gasteiger partial charge is 0.407 e. The normalized spacial score (nSPS) is 13.7. The van der Waals surface area contributed by atoms with E-state index in [-0.39, 0.29) is 38.3 Å². The Morgan fingerprint density at radius 2 is 1.32 bits per heavy atom. The second kappa shape index (κ2) is 16.3. The number of aliphatic carboxylic acids is 1. The van der Waals surface area contributed by atoms with Gasteiger partial charge in [-0.1, -0.05) is 48.5 Å². The number of alkyl carbamates (subject to hydrolysis) is 1. The molecule has 0 bridgehead atoms. The molecule has 1 aliphatic rings. The number of amides is 3. The van der Waals surface area contributed by atoms with Crippen LogP contribution in [-0.2, 0) is 28.6 Å². The number of carboxylic acids is 1. The van der Waals surface area contributed by atoms with Gasteiger partial charge in [-0.15, -0.1) is 0 Å². The number of benzene rings is 2. The van der Waals surface area contributed by atoms with Gasteiger partial charge in [0.2, 0.25) is 0 Å². The maximum atomic E-state index is 12.8. The van der Waals surface area contributed by atoms with Crippen LogP contribution in [0.3, 0.4) is 0 Å². The molecular weight excluding hydrogens is 606 g/mol. The standard InChI is InChI=1S/C35H47N3O9/c1-34(2,3)46-29(39)19-18-28(31(42)47-35(4,5)6)38-32(43)37-27(30(40)41)17-11-12-20-36-33(44)45-21-26-24-15-9-7-13-22(24)23-14-8-10-16-25(23)26/h7-10,13-16,26-28H,11-12,17-21H2,1-6H3,(H,36,44)(H,40,41)(H2,37,38,43)/t27-,28-/m0/s1. The van der Waals surface area contributed by atoms with Gasteiger partial charge in [-0.2, -0.15) is 0 Å². The average molecular weight is 654 g/mol. The number of rotatable bonds is 14. The van der Waals surface area contributed by atoms with Crippen LogP contribution in [0.25, 0.3) is 11.1 Å². The summed E-state index contributed by atoms with van der Waals surface area (Å²) in [4.78, 5) is 62.0. The minimum Gasteiger partial charge on any atom is -0.480 e.